The van der Waals surface area contributed by atoms with Crippen LogP contribution in [0.25, 0.3) is 5.69 Å². The van der Waals surface area contributed by atoms with Gasteiger partial charge in [-0.1, -0.05) is 18.2 Å². The summed E-state index contributed by atoms with van der Waals surface area (Å²) >= 11 is 0. The molecule has 0 aliphatic heterocycles. The monoisotopic (exact) mass is 204 g/mol. The molecule has 0 bridgehead atoms. The average molecular weight is 204 g/mol. The summed E-state index contributed by atoms with van der Waals surface area (Å²) in [5.74, 6) is 0. The minimum atomic E-state index is -0.118. The van der Waals surface area contributed by atoms with Gasteiger partial charge in [-0.2, -0.15) is 5.10 Å². The third kappa shape index (κ3) is 1.91. The van der Waals surface area contributed by atoms with E-state index in [4.69, 9.17) is 10.2 Å². The fourth-order valence-corrected chi connectivity index (χ4v) is 1.46. The Morgan fingerprint density at radius 2 is 1.80 bits per heavy atom. The maximum absolute atomic E-state index is 9.15. The number of aromatic nitrogens is 2. The van der Waals surface area contributed by atoms with Crippen LogP contribution in [0.4, 0.5) is 0 Å². The van der Waals surface area contributed by atoms with Crippen molar-refractivity contribution in [2.45, 2.75) is 13.2 Å². The molecule has 0 spiro atoms. The molecule has 1 heterocycles. The van der Waals surface area contributed by atoms with Gasteiger partial charge >= 0.3 is 0 Å². The topological polar surface area (TPSA) is 58.3 Å². The molecule has 4 heteroatoms. The Balaban J connectivity index is 2.47. The first-order valence-corrected chi connectivity index (χ1v) is 4.70. The predicted octanol–water partition coefficient (Wildman–Crippen LogP) is 0.857. The lowest BCUT2D eigenvalue weighted by Crippen LogP contribution is -2.01. The minimum absolute atomic E-state index is 0.0953. The van der Waals surface area contributed by atoms with E-state index in [1.165, 1.54) is 0 Å². The number of benzene rings is 1. The van der Waals surface area contributed by atoms with Crippen LogP contribution in [0.15, 0.2) is 36.4 Å². The zero-order valence-electron chi connectivity index (χ0n) is 8.17. The maximum Gasteiger partial charge on any atom is 0.0887 e. The standard InChI is InChI=1S/C11H12N2O2/c14-7-9-6-11(8-15)13(12-9)10-4-2-1-3-5-10/h1-6,14-15H,7-8H2. The molecule has 0 unspecified atom stereocenters. The van der Waals surface area contributed by atoms with Gasteiger partial charge in [0.15, 0.2) is 0 Å². The molecule has 0 amide bonds. The van der Waals surface area contributed by atoms with Crippen molar-refractivity contribution in [2.75, 3.05) is 0 Å². The van der Waals surface area contributed by atoms with Crippen LogP contribution in [0.5, 0.6) is 0 Å². The zero-order chi connectivity index (χ0) is 10.7. The van der Waals surface area contributed by atoms with Crippen molar-refractivity contribution < 1.29 is 10.2 Å². The quantitative estimate of drug-likeness (QED) is 0.779. The van der Waals surface area contributed by atoms with E-state index in [9.17, 15) is 0 Å². The van der Waals surface area contributed by atoms with E-state index in [0.29, 0.717) is 11.4 Å². The van der Waals surface area contributed by atoms with Crippen molar-refractivity contribution in [3.05, 3.63) is 47.8 Å². The van der Waals surface area contributed by atoms with E-state index in [0.717, 1.165) is 5.69 Å². The summed E-state index contributed by atoms with van der Waals surface area (Å²) in [6.07, 6.45) is 0. The Morgan fingerprint density at radius 1 is 1.07 bits per heavy atom. The normalized spacial score (nSPS) is 10.5. The molecule has 0 atom stereocenters. The van der Waals surface area contributed by atoms with Crippen molar-refractivity contribution in [3.63, 3.8) is 0 Å². The largest absolute Gasteiger partial charge is 0.390 e. The summed E-state index contributed by atoms with van der Waals surface area (Å²) in [4.78, 5) is 0. The first-order chi connectivity index (χ1) is 7.35. The molecule has 2 aromatic rings. The highest BCUT2D eigenvalue weighted by molar-refractivity contribution is 5.33. The van der Waals surface area contributed by atoms with E-state index < -0.39 is 0 Å². The zero-order valence-corrected chi connectivity index (χ0v) is 8.17. The number of aliphatic hydroxyl groups excluding tert-OH is 2. The summed E-state index contributed by atoms with van der Waals surface area (Å²) in [6, 6.07) is 11.2. The lowest BCUT2D eigenvalue weighted by atomic mass is 10.3. The Hall–Kier alpha value is -1.65. The first-order valence-electron chi connectivity index (χ1n) is 4.70. The molecule has 0 saturated carbocycles. The molecule has 0 aliphatic carbocycles. The van der Waals surface area contributed by atoms with Gasteiger partial charge in [0.2, 0.25) is 0 Å². The number of aliphatic hydroxyl groups is 2. The second-order valence-corrected chi connectivity index (χ2v) is 3.19. The van der Waals surface area contributed by atoms with Crippen LogP contribution in [0.2, 0.25) is 0 Å². The van der Waals surface area contributed by atoms with E-state index in [1.807, 2.05) is 30.3 Å². The van der Waals surface area contributed by atoms with Crippen molar-refractivity contribution in [1.29, 1.82) is 0 Å². The van der Waals surface area contributed by atoms with Crippen LogP contribution in [-0.4, -0.2) is 20.0 Å². The van der Waals surface area contributed by atoms with Crippen LogP contribution < -0.4 is 0 Å². The summed E-state index contributed by atoms with van der Waals surface area (Å²) in [7, 11) is 0. The molecule has 0 aliphatic rings. The number of hydrogen-bond acceptors (Lipinski definition) is 3. The van der Waals surface area contributed by atoms with Gasteiger partial charge in [-0.25, -0.2) is 4.68 Å². The summed E-state index contributed by atoms with van der Waals surface area (Å²) in [5, 5.41) is 22.3. The molecule has 0 saturated heterocycles. The SMILES string of the molecule is OCc1cc(CO)n(-c2ccccc2)n1. The fraction of sp³-hybridized carbons (Fsp3) is 0.182. The van der Waals surface area contributed by atoms with E-state index in [2.05, 4.69) is 5.10 Å². The second kappa shape index (κ2) is 4.25. The molecule has 4 nitrogen and oxygen atoms in total. The van der Waals surface area contributed by atoms with Crippen molar-refractivity contribution in [3.8, 4) is 5.69 Å². The van der Waals surface area contributed by atoms with Gasteiger partial charge in [-0.05, 0) is 18.2 Å². The van der Waals surface area contributed by atoms with Crippen LogP contribution >= 0.6 is 0 Å². The number of hydrogen-bond donors (Lipinski definition) is 2. The van der Waals surface area contributed by atoms with E-state index >= 15 is 0 Å². The van der Waals surface area contributed by atoms with E-state index in [-0.39, 0.29) is 13.2 Å². The molecule has 78 valence electrons. The van der Waals surface area contributed by atoms with E-state index in [1.54, 1.807) is 10.7 Å². The van der Waals surface area contributed by atoms with Crippen molar-refractivity contribution >= 4 is 0 Å². The molecule has 0 radical (unpaired) electrons. The van der Waals surface area contributed by atoms with Gasteiger partial charge < -0.3 is 10.2 Å². The van der Waals surface area contributed by atoms with Crippen molar-refractivity contribution in [2.24, 2.45) is 0 Å². The smallest absolute Gasteiger partial charge is 0.0887 e. The Kier molecular flexibility index (Phi) is 2.80. The molecule has 15 heavy (non-hydrogen) atoms. The Bertz CT molecular complexity index is 437. The highest BCUT2D eigenvalue weighted by atomic mass is 16.3. The van der Waals surface area contributed by atoms with Gasteiger partial charge in [0, 0.05) is 0 Å². The average Bonchev–Trinajstić information content (AvgIpc) is 2.73. The lowest BCUT2D eigenvalue weighted by Gasteiger charge is -2.04. The molecular formula is C11H12N2O2. The third-order valence-electron chi connectivity index (χ3n) is 2.16. The fourth-order valence-electron chi connectivity index (χ4n) is 1.46. The minimum Gasteiger partial charge on any atom is -0.390 e. The highest BCUT2D eigenvalue weighted by Crippen LogP contribution is 2.12. The van der Waals surface area contributed by atoms with Gasteiger partial charge in [-0.3, -0.25) is 0 Å². The number of nitrogens with zero attached hydrogens (tertiary/aromatic N) is 2. The Labute approximate surface area is 87.4 Å². The molecular weight excluding hydrogens is 192 g/mol. The molecule has 0 fully saturated rings. The van der Waals surface area contributed by atoms with Crippen LogP contribution in [0, 0.1) is 0 Å². The predicted molar refractivity (Wildman–Crippen MR) is 55.4 cm³/mol. The number of rotatable bonds is 3. The number of para-hydroxylation sites is 1. The lowest BCUT2D eigenvalue weighted by molar-refractivity contribution is 0.273. The second-order valence-electron chi connectivity index (χ2n) is 3.19. The van der Waals surface area contributed by atoms with Crippen molar-refractivity contribution in [1.82, 2.24) is 9.78 Å². The maximum atomic E-state index is 9.15. The van der Waals surface area contributed by atoms with Crippen LogP contribution in [0.1, 0.15) is 11.4 Å². The van der Waals surface area contributed by atoms with Gasteiger partial charge in [0.25, 0.3) is 0 Å². The summed E-state index contributed by atoms with van der Waals surface area (Å²) in [6.45, 7) is -0.214. The first kappa shape index (κ1) is 9.89. The molecule has 1 aromatic carbocycles. The van der Waals surface area contributed by atoms with Gasteiger partial charge in [0.1, 0.15) is 0 Å². The Morgan fingerprint density at radius 3 is 2.40 bits per heavy atom. The molecule has 1 aromatic heterocycles. The third-order valence-corrected chi connectivity index (χ3v) is 2.16. The van der Waals surface area contributed by atoms with Gasteiger partial charge in [0.05, 0.1) is 30.3 Å². The van der Waals surface area contributed by atoms with Gasteiger partial charge in [-0.15, -0.1) is 0 Å². The summed E-state index contributed by atoms with van der Waals surface area (Å²) in [5.41, 5.74) is 2.11. The molecule has 2 N–H and O–H groups in total. The van der Waals surface area contributed by atoms with Crippen LogP contribution in [0.3, 0.4) is 0 Å². The summed E-state index contributed by atoms with van der Waals surface area (Å²) < 4.78 is 1.63. The van der Waals surface area contributed by atoms with Crippen LogP contribution in [-0.2, 0) is 13.2 Å². The molecule has 2 rings (SSSR count). The highest BCUT2D eigenvalue weighted by Gasteiger charge is 2.07.